The molecule has 4 N–H and O–H groups in total. The maximum Gasteiger partial charge on any atom is 0.124 e. The molecular formula is C14H24N2O. The quantitative estimate of drug-likeness (QED) is 0.746. The van der Waals surface area contributed by atoms with Crippen molar-refractivity contribution >= 4 is 0 Å². The molecule has 3 nitrogen and oxygen atoms in total. The van der Waals surface area contributed by atoms with Gasteiger partial charge in [0.15, 0.2) is 0 Å². The number of unbranched alkanes of at least 4 members (excludes halogenated alkanes) is 1. The smallest absolute Gasteiger partial charge is 0.124 e. The molecule has 17 heavy (non-hydrogen) atoms. The van der Waals surface area contributed by atoms with Crippen molar-refractivity contribution in [3.05, 3.63) is 28.8 Å². The van der Waals surface area contributed by atoms with Crippen molar-refractivity contribution in [1.29, 1.82) is 0 Å². The van der Waals surface area contributed by atoms with Gasteiger partial charge in [0.05, 0.1) is 7.11 Å². The van der Waals surface area contributed by atoms with Crippen LogP contribution in [0.15, 0.2) is 12.1 Å². The molecule has 1 rings (SSSR count). The molecule has 0 saturated carbocycles. The van der Waals surface area contributed by atoms with E-state index < -0.39 is 0 Å². The summed E-state index contributed by atoms with van der Waals surface area (Å²) in [6, 6.07) is 4.35. The number of ether oxygens (including phenoxy) is 1. The van der Waals surface area contributed by atoms with Gasteiger partial charge in [0.25, 0.3) is 0 Å². The van der Waals surface area contributed by atoms with Gasteiger partial charge in [-0.15, -0.1) is 0 Å². The molecular weight excluding hydrogens is 212 g/mol. The lowest BCUT2D eigenvalue weighted by Gasteiger charge is -2.16. The Hall–Kier alpha value is -1.06. The molecule has 0 aromatic heterocycles. The second kappa shape index (κ2) is 6.62. The molecule has 0 radical (unpaired) electrons. The predicted molar refractivity (Wildman–Crippen MR) is 72.3 cm³/mol. The zero-order valence-electron chi connectivity index (χ0n) is 11.1. The molecule has 0 spiro atoms. The average Bonchev–Trinajstić information content (AvgIpc) is 2.28. The fourth-order valence-electron chi connectivity index (χ4n) is 2.20. The summed E-state index contributed by atoms with van der Waals surface area (Å²) >= 11 is 0. The van der Waals surface area contributed by atoms with Gasteiger partial charge < -0.3 is 16.2 Å². The molecule has 1 atom stereocenters. The molecule has 3 heteroatoms. The summed E-state index contributed by atoms with van der Waals surface area (Å²) in [5.74, 6) is 0.961. The summed E-state index contributed by atoms with van der Waals surface area (Å²) in [4.78, 5) is 0. The first-order valence-corrected chi connectivity index (χ1v) is 6.21. The summed E-state index contributed by atoms with van der Waals surface area (Å²) in [5.41, 5.74) is 15.2. The number of hydrogen-bond donors (Lipinski definition) is 2. The molecule has 0 fully saturated rings. The Morgan fingerprint density at radius 1 is 1.18 bits per heavy atom. The van der Waals surface area contributed by atoms with Crippen molar-refractivity contribution in [2.75, 3.05) is 13.7 Å². The minimum atomic E-state index is 0.102. The van der Waals surface area contributed by atoms with Crippen LogP contribution in [-0.2, 0) is 0 Å². The predicted octanol–water partition coefficient (Wildman–Crippen LogP) is 2.44. The van der Waals surface area contributed by atoms with Gasteiger partial charge in [-0.3, -0.25) is 0 Å². The number of nitrogens with two attached hydrogens (primary N) is 2. The van der Waals surface area contributed by atoms with Crippen molar-refractivity contribution < 1.29 is 4.74 Å². The lowest BCUT2D eigenvalue weighted by Crippen LogP contribution is -2.12. The van der Waals surface area contributed by atoms with Crippen molar-refractivity contribution in [2.24, 2.45) is 11.5 Å². The second-order valence-corrected chi connectivity index (χ2v) is 4.58. The Bertz CT molecular complexity index is 340. The van der Waals surface area contributed by atoms with Gasteiger partial charge in [-0.1, -0.05) is 18.6 Å². The highest BCUT2D eigenvalue weighted by Gasteiger charge is 2.10. The first-order valence-electron chi connectivity index (χ1n) is 6.21. The van der Waals surface area contributed by atoms with Crippen LogP contribution in [0, 0.1) is 13.8 Å². The molecule has 0 aliphatic rings. The van der Waals surface area contributed by atoms with Gasteiger partial charge in [0.2, 0.25) is 0 Å². The molecule has 1 aromatic carbocycles. The van der Waals surface area contributed by atoms with Crippen LogP contribution in [0.4, 0.5) is 0 Å². The average molecular weight is 236 g/mol. The monoisotopic (exact) mass is 236 g/mol. The highest BCUT2D eigenvalue weighted by molar-refractivity contribution is 5.44. The van der Waals surface area contributed by atoms with E-state index in [-0.39, 0.29) is 6.04 Å². The summed E-state index contributed by atoms with van der Waals surface area (Å²) in [7, 11) is 1.70. The third kappa shape index (κ3) is 3.72. The highest BCUT2D eigenvalue weighted by Crippen LogP contribution is 2.27. The minimum absolute atomic E-state index is 0.102. The van der Waals surface area contributed by atoms with Crippen molar-refractivity contribution in [3.8, 4) is 5.75 Å². The van der Waals surface area contributed by atoms with E-state index in [9.17, 15) is 0 Å². The van der Waals surface area contributed by atoms with Gasteiger partial charge in [-0.2, -0.15) is 0 Å². The maximum atomic E-state index is 6.18. The summed E-state index contributed by atoms with van der Waals surface area (Å²) in [6.45, 7) is 4.86. The largest absolute Gasteiger partial charge is 0.496 e. The fraction of sp³-hybridized carbons (Fsp3) is 0.571. The normalized spacial score (nSPS) is 12.5. The van der Waals surface area contributed by atoms with E-state index in [1.165, 1.54) is 5.56 Å². The summed E-state index contributed by atoms with van der Waals surface area (Å²) in [5, 5.41) is 0. The van der Waals surface area contributed by atoms with Gasteiger partial charge in [0.1, 0.15) is 5.75 Å². The number of rotatable bonds is 6. The molecule has 96 valence electrons. The highest BCUT2D eigenvalue weighted by atomic mass is 16.5. The second-order valence-electron chi connectivity index (χ2n) is 4.58. The van der Waals surface area contributed by atoms with Gasteiger partial charge in [-0.25, -0.2) is 0 Å². The van der Waals surface area contributed by atoms with Crippen molar-refractivity contribution in [2.45, 2.75) is 39.2 Å². The van der Waals surface area contributed by atoms with Gasteiger partial charge in [0, 0.05) is 6.04 Å². The Balaban J connectivity index is 2.77. The molecule has 0 heterocycles. The molecule has 1 aromatic rings. The Morgan fingerprint density at radius 3 is 2.24 bits per heavy atom. The molecule has 0 bridgehead atoms. The van der Waals surface area contributed by atoms with E-state index in [1.54, 1.807) is 7.11 Å². The summed E-state index contributed by atoms with van der Waals surface area (Å²) < 4.78 is 5.35. The first kappa shape index (κ1) is 14.0. The molecule has 0 aliphatic heterocycles. The zero-order chi connectivity index (χ0) is 12.8. The van der Waals surface area contributed by atoms with E-state index in [0.29, 0.717) is 0 Å². The van der Waals surface area contributed by atoms with E-state index in [1.807, 2.05) is 0 Å². The molecule has 0 amide bonds. The molecule has 0 saturated heterocycles. The van der Waals surface area contributed by atoms with E-state index >= 15 is 0 Å². The van der Waals surface area contributed by atoms with E-state index in [0.717, 1.165) is 42.7 Å². The van der Waals surface area contributed by atoms with Crippen LogP contribution >= 0.6 is 0 Å². The number of benzene rings is 1. The Labute approximate surface area is 104 Å². The number of hydrogen-bond acceptors (Lipinski definition) is 3. The van der Waals surface area contributed by atoms with Crippen molar-refractivity contribution in [1.82, 2.24) is 0 Å². The van der Waals surface area contributed by atoms with Crippen LogP contribution in [-0.4, -0.2) is 13.7 Å². The SMILES string of the molecule is COc1c(C)cc([C@H](N)CCCCN)cc1C. The minimum Gasteiger partial charge on any atom is -0.496 e. The standard InChI is InChI=1S/C14H24N2O/c1-10-8-12(9-11(2)14(10)17-3)13(16)6-4-5-7-15/h8-9,13H,4-7,15-16H2,1-3H3/t13-/m1/s1. The zero-order valence-corrected chi connectivity index (χ0v) is 11.1. The van der Waals surface area contributed by atoms with Crippen LogP contribution in [0.3, 0.4) is 0 Å². The van der Waals surface area contributed by atoms with Gasteiger partial charge in [-0.05, 0) is 49.9 Å². The Morgan fingerprint density at radius 2 is 1.76 bits per heavy atom. The summed E-state index contributed by atoms with van der Waals surface area (Å²) in [6.07, 6.45) is 3.12. The van der Waals surface area contributed by atoms with E-state index in [2.05, 4.69) is 26.0 Å². The lowest BCUT2D eigenvalue weighted by molar-refractivity contribution is 0.408. The van der Waals surface area contributed by atoms with Crippen LogP contribution in [0.1, 0.15) is 42.0 Å². The molecule has 0 unspecified atom stereocenters. The first-order chi connectivity index (χ1) is 8.10. The number of aryl methyl sites for hydroxylation is 2. The lowest BCUT2D eigenvalue weighted by atomic mass is 9.97. The number of methoxy groups -OCH3 is 1. The third-order valence-electron chi connectivity index (χ3n) is 3.08. The maximum absolute atomic E-state index is 6.18. The van der Waals surface area contributed by atoms with Crippen LogP contribution in [0.5, 0.6) is 5.75 Å². The van der Waals surface area contributed by atoms with E-state index in [4.69, 9.17) is 16.2 Å². The Kier molecular flexibility index (Phi) is 5.45. The van der Waals surface area contributed by atoms with Crippen LogP contribution in [0.25, 0.3) is 0 Å². The van der Waals surface area contributed by atoms with Gasteiger partial charge >= 0.3 is 0 Å². The molecule has 0 aliphatic carbocycles. The fourth-order valence-corrected chi connectivity index (χ4v) is 2.20. The van der Waals surface area contributed by atoms with Crippen molar-refractivity contribution in [3.63, 3.8) is 0 Å². The van der Waals surface area contributed by atoms with Crippen LogP contribution < -0.4 is 16.2 Å². The third-order valence-corrected chi connectivity index (χ3v) is 3.08. The topological polar surface area (TPSA) is 61.3 Å². The van der Waals surface area contributed by atoms with Crippen LogP contribution in [0.2, 0.25) is 0 Å².